The highest BCUT2D eigenvalue weighted by atomic mass is 35.5. The zero-order valence-electron chi connectivity index (χ0n) is 35.6. The molecule has 6 saturated carbocycles. The fourth-order valence-corrected chi connectivity index (χ4v) is 14.4. The largest absolute Gasteiger partial charge is 0.400 e. The van der Waals surface area contributed by atoms with Gasteiger partial charge in [0.2, 0.25) is 5.91 Å². The van der Waals surface area contributed by atoms with E-state index in [1.807, 2.05) is 32.6 Å². The number of fused-ring (bicyclic) bond motifs is 4. The first-order valence-electron chi connectivity index (χ1n) is 22.1. The molecule has 2 saturated heterocycles. The second-order valence-electron chi connectivity index (χ2n) is 18.5. The maximum atomic E-state index is 12.9. The first-order chi connectivity index (χ1) is 26.8. The number of benzene rings is 1. The number of rotatable bonds is 8. The number of hydrogen-bond donors (Lipinski definition) is 1. The molecule has 11 heteroatoms. The van der Waals surface area contributed by atoms with E-state index in [2.05, 4.69) is 20.8 Å². The second kappa shape index (κ2) is 17.4. The fraction of sp³-hybridized carbons (Fsp3) is 0.844. The molecule has 1 aromatic rings. The summed E-state index contributed by atoms with van der Waals surface area (Å²) in [7, 11) is -2.86. The minimum absolute atomic E-state index is 0.0590. The van der Waals surface area contributed by atoms with Crippen LogP contribution < -0.4 is 0 Å². The van der Waals surface area contributed by atoms with E-state index in [9.17, 15) is 13.2 Å². The van der Waals surface area contributed by atoms with Crippen LogP contribution in [0.4, 0.5) is 0 Å². The van der Waals surface area contributed by atoms with Crippen molar-refractivity contribution in [3.05, 3.63) is 29.3 Å². The average Bonchev–Trinajstić information content (AvgIpc) is 4.13. The number of hydrogen-bond acceptors (Lipinski definition) is 8. The van der Waals surface area contributed by atoms with Gasteiger partial charge in [-0.2, -0.15) is 8.42 Å². The number of carbonyl (C=O) groups is 1. The Morgan fingerprint density at radius 2 is 1.59 bits per heavy atom. The van der Waals surface area contributed by atoms with Crippen LogP contribution in [0.5, 0.6) is 0 Å². The SMILES string of the molecule is CC.CC.CC1(C)C2CCC3C4CC5OC(COS(=O)(=O)c6ccc(Cl)cc6)CC[C@@H]5C4(C)CC[C@]34CC24CC[C@@H]1OC1CN(C(=O)CC2CC2)CCO1.CO. The highest BCUT2D eigenvalue weighted by Crippen LogP contribution is 2.87. The lowest BCUT2D eigenvalue weighted by molar-refractivity contribution is -0.244. The maximum Gasteiger partial charge on any atom is 0.297 e. The normalized spacial score (nSPS) is 40.2. The van der Waals surface area contributed by atoms with Gasteiger partial charge in [-0.3, -0.25) is 8.98 Å². The van der Waals surface area contributed by atoms with Crippen molar-refractivity contribution < 1.29 is 36.7 Å². The van der Waals surface area contributed by atoms with Crippen LogP contribution in [0.1, 0.15) is 132 Å². The molecule has 6 aliphatic carbocycles. The summed E-state index contributed by atoms with van der Waals surface area (Å²) in [5, 5.41) is 7.50. The Balaban J connectivity index is 0.000000847. The molecule has 8 unspecified atom stereocenters. The Kier molecular flexibility index (Phi) is 13.7. The van der Waals surface area contributed by atoms with Crippen molar-refractivity contribution in [1.82, 2.24) is 4.90 Å². The van der Waals surface area contributed by atoms with Crippen LogP contribution in [0.15, 0.2) is 29.2 Å². The molecule has 9 rings (SSSR count). The lowest BCUT2D eigenvalue weighted by Gasteiger charge is -2.60. The summed E-state index contributed by atoms with van der Waals surface area (Å²) in [4.78, 5) is 15.0. The molecule has 1 amide bonds. The Labute approximate surface area is 343 Å². The van der Waals surface area contributed by atoms with Crippen LogP contribution in [0.3, 0.4) is 0 Å². The maximum absolute atomic E-state index is 12.9. The van der Waals surface area contributed by atoms with E-state index in [-0.39, 0.29) is 52.8 Å². The third kappa shape index (κ3) is 7.89. The van der Waals surface area contributed by atoms with E-state index in [1.165, 1.54) is 63.5 Å². The lowest BCUT2D eigenvalue weighted by atomic mass is 9.46. The number of nitrogens with zero attached hydrogens (tertiary/aromatic N) is 1. The highest BCUT2D eigenvalue weighted by Gasteiger charge is 2.80. The van der Waals surface area contributed by atoms with Crippen molar-refractivity contribution >= 4 is 27.6 Å². The van der Waals surface area contributed by atoms with Crippen LogP contribution in [-0.4, -0.2) is 82.3 Å². The quantitative estimate of drug-likeness (QED) is 0.259. The summed E-state index contributed by atoms with van der Waals surface area (Å²) in [5.74, 6) is 3.46. The zero-order valence-corrected chi connectivity index (χ0v) is 37.1. The van der Waals surface area contributed by atoms with E-state index in [0.717, 1.165) is 38.7 Å². The molecule has 318 valence electrons. The van der Waals surface area contributed by atoms with E-state index in [4.69, 9.17) is 35.1 Å². The van der Waals surface area contributed by atoms with E-state index in [1.54, 1.807) is 12.1 Å². The van der Waals surface area contributed by atoms with Crippen LogP contribution in [0.25, 0.3) is 0 Å². The topological polar surface area (TPSA) is 112 Å². The predicted molar refractivity (Wildman–Crippen MR) is 220 cm³/mol. The summed E-state index contributed by atoms with van der Waals surface area (Å²) >= 11 is 5.96. The van der Waals surface area contributed by atoms with Gasteiger partial charge in [-0.15, -0.1) is 0 Å². The molecule has 11 atom stereocenters. The Morgan fingerprint density at radius 1 is 0.893 bits per heavy atom. The number of halogens is 1. The first-order valence-corrected chi connectivity index (χ1v) is 23.9. The predicted octanol–water partition coefficient (Wildman–Crippen LogP) is 9.28. The monoisotopic (exact) mass is 821 g/mol. The Bertz CT molecular complexity index is 1600. The van der Waals surface area contributed by atoms with Crippen molar-refractivity contribution in [2.75, 3.05) is 33.4 Å². The molecule has 0 aromatic heterocycles. The van der Waals surface area contributed by atoms with E-state index < -0.39 is 10.1 Å². The molecule has 2 spiro atoms. The second-order valence-corrected chi connectivity index (χ2v) is 20.6. The van der Waals surface area contributed by atoms with Gasteiger partial charge in [-0.05, 0) is 153 Å². The molecule has 9 nitrogen and oxygen atoms in total. The number of carbonyl (C=O) groups excluding carboxylic acids is 1. The van der Waals surface area contributed by atoms with Gasteiger partial charge in [0.1, 0.15) is 0 Å². The van der Waals surface area contributed by atoms with Gasteiger partial charge in [-0.1, -0.05) is 60.1 Å². The first kappa shape index (κ1) is 44.3. The molecule has 2 heterocycles. The van der Waals surface area contributed by atoms with E-state index in [0.29, 0.717) is 65.6 Å². The van der Waals surface area contributed by atoms with Crippen LogP contribution in [0.2, 0.25) is 5.02 Å². The smallest absolute Gasteiger partial charge is 0.297 e. The van der Waals surface area contributed by atoms with Gasteiger partial charge in [0.05, 0.1) is 43.0 Å². The molecular weight excluding hydrogens is 750 g/mol. The molecule has 56 heavy (non-hydrogen) atoms. The third-order valence-electron chi connectivity index (χ3n) is 16.0. The Morgan fingerprint density at radius 3 is 2.29 bits per heavy atom. The van der Waals surface area contributed by atoms with Crippen molar-refractivity contribution in [2.24, 2.45) is 51.2 Å². The molecular formula is C45H72ClNO8S. The Hall–Kier alpha value is -1.27. The summed E-state index contributed by atoms with van der Waals surface area (Å²) in [6.07, 6.45) is 14.8. The third-order valence-corrected chi connectivity index (χ3v) is 17.5. The molecule has 2 aliphatic heterocycles. The van der Waals surface area contributed by atoms with Crippen molar-refractivity contribution in [3.8, 4) is 0 Å². The molecule has 1 aromatic carbocycles. The summed E-state index contributed by atoms with van der Waals surface area (Å²) in [6, 6.07) is 6.13. The van der Waals surface area contributed by atoms with Crippen LogP contribution in [0, 0.1) is 51.2 Å². The summed E-state index contributed by atoms with van der Waals surface area (Å²) in [6.45, 7) is 17.4. The van der Waals surface area contributed by atoms with Gasteiger partial charge in [0.25, 0.3) is 10.1 Å². The minimum Gasteiger partial charge on any atom is -0.400 e. The molecule has 0 bridgehead atoms. The van der Waals surface area contributed by atoms with Crippen LogP contribution >= 0.6 is 11.6 Å². The number of aliphatic hydroxyl groups is 1. The van der Waals surface area contributed by atoms with Gasteiger partial charge in [0.15, 0.2) is 6.29 Å². The minimum atomic E-state index is -3.86. The van der Waals surface area contributed by atoms with Gasteiger partial charge < -0.3 is 24.2 Å². The van der Waals surface area contributed by atoms with Crippen molar-refractivity contribution in [1.29, 1.82) is 0 Å². The number of aliphatic hydroxyl groups excluding tert-OH is 1. The van der Waals surface area contributed by atoms with Crippen molar-refractivity contribution in [2.45, 2.75) is 161 Å². The zero-order chi connectivity index (χ0) is 40.7. The van der Waals surface area contributed by atoms with Crippen LogP contribution in [-0.2, 0) is 33.3 Å². The number of ether oxygens (including phenoxy) is 3. The summed E-state index contributed by atoms with van der Waals surface area (Å²) in [5.41, 5.74) is 1.21. The summed E-state index contributed by atoms with van der Waals surface area (Å²) < 4.78 is 51.0. The van der Waals surface area contributed by atoms with Gasteiger partial charge in [-0.25, -0.2) is 0 Å². The number of amides is 1. The fourth-order valence-electron chi connectivity index (χ4n) is 13.3. The average molecular weight is 823 g/mol. The molecule has 0 radical (unpaired) electrons. The molecule has 1 N–H and O–H groups in total. The van der Waals surface area contributed by atoms with Crippen molar-refractivity contribution in [3.63, 3.8) is 0 Å². The van der Waals surface area contributed by atoms with E-state index >= 15 is 0 Å². The lowest BCUT2D eigenvalue weighted by Crippen LogP contribution is -2.56. The standard InChI is InChI=1S/C40H56ClNO7S.2C2H6.CH4O/c1-37(2)33-13-12-29-31-21-32-30(11-8-27(48-32)23-47-50(44,45)28-9-6-26(41)7-10-28)38(31,3)16-17-39(29)24-40(33,39)15-14-34(37)49-36-22-42(18-19-46-36)35(43)20-25-4-5-25;3*1-2/h6-7,9-10,25,27,29-34,36H,4-5,8,11-24H2,1-3H3;2*1-2H3;2H,1H3/t27?,29?,30-,31?,32?,33?,34-,36?,38?,39-,40?;;;/m0.../s1. The van der Waals surface area contributed by atoms with Gasteiger partial charge >= 0.3 is 0 Å². The molecule has 8 fully saturated rings. The highest BCUT2D eigenvalue weighted by molar-refractivity contribution is 7.86. The number of morpholine rings is 1. The molecule has 8 aliphatic rings. The van der Waals surface area contributed by atoms with Gasteiger partial charge in [0, 0.05) is 25.1 Å².